The molecule has 0 radical (unpaired) electrons. The summed E-state index contributed by atoms with van der Waals surface area (Å²) < 4.78 is 3.66. The quantitative estimate of drug-likeness (QED) is 0.819. The topological polar surface area (TPSA) is 53.0 Å². The SMILES string of the molecule is Cc1ccc(N2CC(=N)C(n3cc[n+](C)c3)C2=O)cc1. The number of carbonyl (C=O) groups is 1. The van der Waals surface area contributed by atoms with Gasteiger partial charge in [-0.3, -0.25) is 4.79 Å². The molecule has 2 heterocycles. The molecule has 1 amide bonds. The summed E-state index contributed by atoms with van der Waals surface area (Å²) in [5.41, 5.74) is 2.43. The molecule has 1 aliphatic heterocycles. The molecule has 5 nitrogen and oxygen atoms in total. The second kappa shape index (κ2) is 4.59. The van der Waals surface area contributed by atoms with Gasteiger partial charge in [0.15, 0.2) is 0 Å². The van der Waals surface area contributed by atoms with Crippen LogP contribution in [0.4, 0.5) is 5.69 Å². The molecule has 1 saturated heterocycles. The second-order valence-electron chi connectivity index (χ2n) is 5.21. The lowest BCUT2D eigenvalue weighted by Crippen LogP contribution is -2.29. The number of benzene rings is 1. The molecule has 1 aliphatic rings. The number of rotatable bonds is 2. The fourth-order valence-electron chi connectivity index (χ4n) is 2.50. The van der Waals surface area contributed by atoms with Crippen molar-refractivity contribution in [2.75, 3.05) is 11.4 Å². The van der Waals surface area contributed by atoms with Crippen LogP contribution in [0.2, 0.25) is 0 Å². The summed E-state index contributed by atoms with van der Waals surface area (Å²) >= 11 is 0. The van der Waals surface area contributed by atoms with E-state index in [1.54, 1.807) is 9.47 Å². The minimum atomic E-state index is -0.516. The predicted molar refractivity (Wildman–Crippen MR) is 75.9 cm³/mol. The molecule has 0 aliphatic carbocycles. The van der Waals surface area contributed by atoms with E-state index in [1.807, 2.05) is 61.5 Å². The minimum absolute atomic E-state index is 0.0462. The predicted octanol–water partition coefficient (Wildman–Crippen LogP) is 1.23. The van der Waals surface area contributed by atoms with Crippen molar-refractivity contribution >= 4 is 17.3 Å². The number of nitrogens with zero attached hydrogens (tertiary/aromatic N) is 3. The number of hydrogen-bond acceptors (Lipinski definition) is 2. The Morgan fingerprint density at radius 3 is 2.60 bits per heavy atom. The van der Waals surface area contributed by atoms with E-state index in [9.17, 15) is 4.79 Å². The molecule has 1 atom stereocenters. The Balaban J connectivity index is 1.92. The fourth-order valence-corrected chi connectivity index (χ4v) is 2.50. The maximum atomic E-state index is 12.6. The van der Waals surface area contributed by atoms with E-state index >= 15 is 0 Å². The van der Waals surface area contributed by atoms with Gasteiger partial charge in [0.25, 0.3) is 5.91 Å². The number of aromatic nitrogens is 2. The zero-order chi connectivity index (χ0) is 14.3. The van der Waals surface area contributed by atoms with Crippen LogP contribution in [0.3, 0.4) is 0 Å². The Morgan fingerprint density at radius 1 is 1.30 bits per heavy atom. The summed E-state index contributed by atoms with van der Waals surface area (Å²) in [6, 6.07) is 7.30. The van der Waals surface area contributed by atoms with Crippen LogP contribution in [0.15, 0.2) is 43.0 Å². The van der Waals surface area contributed by atoms with Crippen molar-refractivity contribution in [1.29, 1.82) is 5.41 Å². The van der Waals surface area contributed by atoms with Gasteiger partial charge < -0.3 is 10.3 Å². The molecule has 2 aromatic rings. The van der Waals surface area contributed by atoms with E-state index in [-0.39, 0.29) is 5.91 Å². The van der Waals surface area contributed by atoms with Crippen molar-refractivity contribution in [3.8, 4) is 0 Å². The van der Waals surface area contributed by atoms with E-state index in [2.05, 4.69) is 0 Å². The summed E-state index contributed by atoms with van der Waals surface area (Å²) in [6.45, 7) is 2.37. The van der Waals surface area contributed by atoms with E-state index < -0.39 is 6.04 Å². The lowest BCUT2D eigenvalue weighted by molar-refractivity contribution is -0.671. The monoisotopic (exact) mass is 269 g/mol. The third-order valence-electron chi connectivity index (χ3n) is 3.59. The fraction of sp³-hybridized carbons (Fsp3) is 0.267. The summed E-state index contributed by atoms with van der Waals surface area (Å²) in [7, 11) is 1.90. The van der Waals surface area contributed by atoms with E-state index in [0.29, 0.717) is 12.3 Å². The van der Waals surface area contributed by atoms with Crippen LogP contribution < -0.4 is 9.47 Å². The summed E-state index contributed by atoms with van der Waals surface area (Å²) in [6.07, 6.45) is 5.53. The minimum Gasteiger partial charge on any atom is -0.303 e. The van der Waals surface area contributed by atoms with Crippen LogP contribution in [0.1, 0.15) is 11.6 Å². The molecule has 1 N–H and O–H groups in total. The van der Waals surface area contributed by atoms with E-state index in [4.69, 9.17) is 5.41 Å². The molecule has 0 spiro atoms. The van der Waals surface area contributed by atoms with Crippen molar-refractivity contribution < 1.29 is 9.36 Å². The van der Waals surface area contributed by atoms with Gasteiger partial charge in [-0.2, -0.15) is 0 Å². The number of imidazole rings is 1. The van der Waals surface area contributed by atoms with E-state index in [1.165, 1.54) is 0 Å². The zero-order valence-corrected chi connectivity index (χ0v) is 11.6. The first-order valence-corrected chi connectivity index (χ1v) is 6.54. The molecule has 1 aromatic carbocycles. The third-order valence-corrected chi connectivity index (χ3v) is 3.59. The number of carbonyl (C=O) groups excluding carboxylic acids is 1. The van der Waals surface area contributed by atoms with Crippen molar-refractivity contribution in [2.24, 2.45) is 7.05 Å². The van der Waals surface area contributed by atoms with Crippen LogP contribution in [-0.4, -0.2) is 22.7 Å². The van der Waals surface area contributed by atoms with Crippen LogP contribution in [0.5, 0.6) is 0 Å². The molecule has 102 valence electrons. The maximum absolute atomic E-state index is 12.6. The summed E-state index contributed by atoms with van der Waals surface area (Å²) in [5.74, 6) is -0.0462. The average Bonchev–Trinajstić information content (AvgIpc) is 2.95. The third kappa shape index (κ3) is 2.01. The van der Waals surface area contributed by atoms with Gasteiger partial charge in [0.1, 0.15) is 12.4 Å². The Kier molecular flexibility index (Phi) is 2.89. The Labute approximate surface area is 117 Å². The molecule has 1 fully saturated rings. The molecule has 0 saturated carbocycles. The normalized spacial score (nSPS) is 18.9. The molecule has 20 heavy (non-hydrogen) atoms. The number of amides is 1. The molecule has 3 rings (SSSR count). The molecule has 0 bridgehead atoms. The van der Waals surface area contributed by atoms with Crippen LogP contribution in [0.25, 0.3) is 0 Å². The van der Waals surface area contributed by atoms with Gasteiger partial charge in [0, 0.05) is 5.69 Å². The van der Waals surface area contributed by atoms with Crippen LogP contribution in [-0.2, 0) is 11.8 Å². The van der Waals surface area contributed by atoms with Crippen molar-refractivity contribution in [1.82, 2.24) is 4.57 Å². The van der Waals surface area contributed by atoms with Crippen LogP contribution >= 0.6 is 0 Å². The zero-order valence-electron chi connectivity index (χ0n) is 11.6. The number of anilines is 1. The first-order valence-electron chi connectivity index (χ1n) is 6.54. The highest BCUT2D eigenvalue weighted by Crippen LogP contribution is 2.26. The number of aryl methyl sites for hydroxylation is 2. The molecule has 1 unspecified atom stereocenters. The number of nitrogens with one attached hydrogen (secondary N) is 1. The van der Waals surface area contributed by atoms with Crippen LogP contribution in [0, 0.1) is 12.3 Å². The highest BCUT2D eigenvalue weighted by atomic mass is 16.2. The smallest absolute Gasteiger partial charge is 0.278 e. The van der Waals surface area contributed by atoms with Gasteiger partial charge in [-0.15, -0.1) is 0 Å². The van der Waals surface area contributed by atoms with Crippen molar-refractivity contribution in [3.63, 3.8) is 0 Å². The van der Waals surface area contributed by atoms with Gasteiger partial charge in [0.05, 0.1) is 19.3 Å². The Hall–Kier alpha value is -2.43. The Morgan fingerprint density at radius 2 is 2.00 bits per heavy atom. The Bertz CT molecular complexity index is 671. The lowest BCUT2D eigenvalue weighted by atomic mass is 10.2. The summed E-state index contributed by atoms with van der Waals surface area (Å²) in [4.78, 5) is 14.2. The van der Waals surface area contributed by atoms with Gasteiger partial charge in [-0.05, 0) is 19.1 Å². The first kappa shape index (κ1) is 12.6. The highest BCUT2D eigenvalue weighted by molar-refractivity contribution is 6.20. The van der Waals surface area contributed by atoms with Gasteiger partial charge in [-0.1, -0.05) is 17.7 Å². The van der Waals surface area contributed by atoms with E-state index in [0.717, 1.165) is 11.3 Å². The molecule has 5 heteroatoms. The highest BCUT2D eigenvalue weighted by Gasteiger charge is 2.41. The molecule has 1 aromatic heterocycles. The maximum Gasteiger partial charge on any atom is 0.278 e. The van der Waals surface area contributed by atoms with Gasteiger partial charge in [0.2, 0.25) is 12.4 Å². The molecular formula is C15H17N4O+. The van der Waals surface area contributed by atoms with Crippen molar-refractivity contribution in [3.05, 3.63) is 48.5 Å². The molecular weight excluding hydrogens is 252 g/mol. The van der Waals surface area contributed by atoms with Gasteiger partial charge >= 0.3 is 0 Å². The number of hydrogen-bond donors (Lipinski definition) is 1. The standard InChI is InChI=1S/C15H17N4O/c1-11-3-5-12(6-4-11)19-9-13(16)14(15(19)20)18-8-7-17(2)10-18/h3-8,10,14,16H,9H2,1-2H3/q+1. The van der Waals surface area contributed by atoms with Crippen molar-refractivity contribution in [2.45, 2.75) is 13.0 Å². The summed E-state index contributed by atoms with van der Waals surface area (Å²) in [5, 5.41) is 8.11. The lowest BCUT2D eigenvalue weighted by Gasteiger charge is -2.15. The largest absolute Gasteiger partial charge is 0.303 e. The first-order chi connectivity index (χ1) is 9.56. The second-order valence-corrected chi connectivity index (χ2v) is 5.21. The average molecular weight is 269 g/mol. The van der Waals surface area contributed by atoms with Gasteiger partial charge in [-0.25, -0.2) is 9.13 Å².